The van der Waals surface area contributed by atoms with Crippen LogP contribution in [-0.4, -0.2) is 12.7 Å². The quantitative estimate of drug-likeness (QED) is 0.141. The van der Waals surface area contributed by atoms with Crippen LogP contribution in [0.4, 0.5) is 4.79 Å². The van der Waals surface area contributed by atoms with Gasteiger partial charge >= 0.3 is 6.09 Å². The Hall–Kier alpha value is -1.81. The van der Waals surface area contributed by atoms with Gasteiger partial charge in [0.2, 0.25) is 0 Å². The van der Waals surface area contributed by atoms with Crippen LogP contribution in [0.5, 0.6) is 0 Å². The molecular weight excluding hydrogens is 374 g/mol. The van der Waals surface area contributed by atoms with Crippen LogP contribution >= 0.6 is 0 Å². The molecule has 0 aliphatic rings. The lowest BCUT2D eigenvalue weighted by atomic mass is 10.1. The highest BCUT2D eigenvalue weighted by molar-refractivity contribution is 5.65. The van der Waals surface area contributed by atoms with Crippen LogP contribution in [0.15, 0.2) is 42.5 Å². The average Bonchev–Trinajstić information content (AvgIpc) is 2.77. The summed E-state index contributed by atoms with van der Waals surface area (Å²) in [6, 6.07) is 9.60. The average molecular weight is 418 g/mol. The molecule has 0 aliphatic carbocycles. The lowest BCUT2D eigenvalue weighted by molar-refractivity contribution is 0.0236. The van der Waals surface area contributed by atoms with Gasteiger partial charge in [-0.3, -0.25) is 4.84 Å². The van der Waals surface area contributed by atoms with Crippen molar-refractivity contribution < 1.29 is 14.4 Å². The summed E-state index contributed by atoms with van der Waals surface area (Å²) in [5.74, 6) is 0. The minimum atomic E-state index is -0.539. The van der Waals surface area contributed by atoms with E-state index in [1.54, 1.807) is 0 Å². The summed E-state index contributed by atoms with van der Waals surface area (Å²) in [5.41, 5.74) is 3.30. The molecule has 1 N–H and O–H groups in total. The van der Waals surface area contributed by atoms with Crippen molar-refractivity contribution >= 4 is 6.09 Å². The lowest BCUT2D eigenvalue weighted by Gasteiger charge is -2.07. The molecule has 0 unspecified atom stereocenters. The van der Waals surface area contributed by atoms with Crippen LogP contribution in [0.2, 0.25) is 0 Å². The summed E-state index contributed by atoms with van der Waals surface area (Å²) < 4.78 is 5.08. The molecule has 1 aromatic carbocycles. The van der Waals surface area contributed by atoms with Gasteiger partial charge in [-0.1, -0.05) is 107 Å². The zero-order chi connectivity index (χ0) is 21.5. The number of carbonyl (C=O) groups excluding carboxylic acids is 1. The first-order chi connectivity index (χ1) is 14.8. The van der Waals surface area contributed by atoms with Gasteiger partial charge in [0, 0.05) is 0 Å². The fourth-order valence-electron chi connectivity index (χ4n) is 3.28. The molecule has 0 heterocycles. The maximum absolute atomic E-state index is 11.5. The van der Waals surface area contributed by atoms with Gasteiger partial charge in [-0.05, 0) is 37.7 Å². The highest BCUT2D eigenvalue weighted by atomic mass is 16.7. The van der Waals surface area contributed by atoms with Gasteiger partial charge in [0.15, 0.2) is 0 Å². The molecule has 4 heteroatoms. The number of unbranched alkanes of at least 4 members (excludes halogenated alkanes) is 12. The third-order valence-corrected chi connectivity index (χ3v) is 5.13. The molecule has 0 atom stereocenters. The minimum absolute atomic E-state index is 0.254. The smallest absolute Gasteiger partial charge is 0.431 e. The van der Waals surface area contributed by atoms with Crippen LogP contribution in [0, 0.1) is 0 Å². The Bertz CT molecular complexity index is 530. The Morgan fingerprint density at radius 1 is 0.800 bits per heavy atom. The van der Waals surface area contributed by atoms with E-state index in [2.05, 4.69) is 24.6 Å². The van der Waals surface area contributed by atoms with E-state index in [0.717, 1.165) is 18.4 Å². The number of nitrogens with one attached hydrogen (secondary N) is 1. The molecule has 170 valence electrons. The topological polar surface area (TPSA) is 47.6 Å². The highest BCUT2D eigenvalue weighted by Crippen LogP contribution is 2.10. The van der Waals surface area contributed by atoms with Crippen molar-refractivity contribution in [3.63, 3.8) is 0 Å². The molecule has 0 aromatic heterocycles. The van der Waals surface area contributed by atoms with Gasteiger partial charge in [-0.25, -0.2) is 4.79 Å². The van der Waals surface area contributed by atoms with E-state index in [1.165, 1.54) is 77.0 Å². The number of hydroxylamine groups is 1. The number of hydrogen-bond donors (Lipinski definition) is 1. The molecule has 1 rings (SSSR count). The zero-order valence-electron chi connectivity index (χ0n) is 19.1. The third-order valence-electron chi connectivity index (χ3n) is 5.13. The van der Waals surface area contributed by atoms with Crippen LogP contribution in [-0.2, 0) is 16.2 Å². The Balaban J connectivity index is 1.77. The molecule has 0 radical (unpaired) electrons. The van der Waals surface area contributed by atoms with Crippen LogP contribution in [0.3, 0.4) is 0 Å². The number of hydrogen-bond acceptors (Lipinski definition) is 3. The van der Waals surface area contributed by atoms with Crippen molar-refractivity contribution in [2.45, 2.75) is 103 Å². The first-order valence-electron chi connectivity index (χ1n) is 12.1. The fraction of sp³-hybridized carbons (Fsp3) is 0.654. The number of amides is 1. The number of benzene rings is 1. The number of allylic oxidation sites excluding steroid dienone is 2. The highest BCUT2D eigenvalue weighted by Gasteiger charge is 2.02. The first-order valence-corrected chi connectivity index (χ1v) is 12.1. The second-order valence-corrected chi connectivity index (χ2v) is 7.95. The summed E-state index contributed by atoms with van der Waals surface area (Å²) in [6.07, 6.45) is 22.1. The van der Waals surface area contributed by atoms with Crippen LogP contribution < -0.4 is 5.48 Å². The van der Waals surface area contributed by atoms with Crippen molar-refractivity contribution in [1.82, 2.24) is 5.48 Å². The molecule has 30 heavy (non-hydrogen) atoms. The standard InChI is InChI=1S/C26H43NO3/c1-2-3-4-5-6-7-8-9-10-11-12-13-14-15-16-20-23-30-27-26(28)29-24-25-21-18-17-19-22-25/h9-10,17-19,21-22H,2-8,11-16,20,23-24H2,1H3,(H,27,28). The fourth-order valence-corrected chi connectivity index (χ4v) is 3.28. The minimum Gasteiger partial charge on any atom is -0.443 e. The molecule has 0 bridgehead atoms. The molecule has 1 aromatic rings. The van der Waals surface area contributed by atoms with Gasteiger partial charge in [-0.15, -0.1) is 0 Å². The summed E-state index contributed by atoms with van der Waals surface area (Å²) in [6.45, 7) is 3.05. The molecule has 4 nitrogen and oxygen atoms in total. The van der Waals surface area contributed by atoms with E-state index >= 15 is 0 Å². The first kappa shape index (κ1) is 26.2. The van der Waals surface area contributed by atoms with Crippen molar-refractivity contribution in [3.05, 3.63) is 48.0 Å². The van der Waals surface area contributed by atoms with Crippen LogP contribution in [0.25, 0.3) is 0 Å². The second kappa shape index (κ2) is 20.5. The third kappa shape index (κ3) is 17.1. The van der Waals surface area contributed by atoms with Gasteiger partial charge in [0.05, 0.1) is 6.61 Å². The normalized spacial score (nSPS) is 11.1. The van der Waals surface area contributed by atoms with E-state index < -0.39 is 6.09 Å². The Morgan fingerprint density at radius 2 is 1.37 bits per heavy atom. The van der Waals surface area contributed by atoms with Crippen molar-refractivity contribution in [2.75, 3.05) is 6.61 Å². The number of rotatable bonds is 19. The molecule has 0 fully saturated rings. The largest absolute Gasteiger partial charge is 0.443 e. The molecular formula is C26H43NO3. The van der Waals surface area contributed by atoms with E-state index in [9.17, 15) is 4.79 Å². The molecule has 0 saturated heterocycles. The van der Waals surface area contributed by atoms with Crippen molar-refractivity contribution in [1.29, 1.82) is 0 Å². The van der Waals surface area contributed by atoms with Gasteiger partial charge < -0.3 is 4.74 Å². The number of carbonyl (C=O) groups is 1. The van der Waals surface area contributed by atoms with Crippen molar-refractivity contribution in [2.24, 2.45) is 0 Å². The zero-order valence-corrected chi connectivity index (χ0v) is 19.1. The summed E-state index contributed by atoms with van der Waals surface area (Å²) >= 11 is 0. The summed E-state index contributed by atoms with van der Waals surface area (Å²) in [7, 11) is 0. The predicted octanol–water partition coefficient (Wildman–Crippen LogP) is 7.88. The maximum Gasteiger partial charge on any atom is 0.431 e. The predicted molar refractivity (Wildman–Crippen MR) is 125 cm³/mol. The van der Waals surface area contributed by atoms with E-state index in [4.69, 9.17) is 9.57 Å². The Labute approximate surface area is 184 Å². The van der Waals surface area contributed by atoms with Gasteiger partial charge in [0.1, 0.15) is 6.61 Å². The number of ether oxygens (including phenoxy) is 1. The monoisotopic (exact) mass is 417 g/mol. The molecule has 0 spiro atoms. The molecule has 0 aliphatic heterocycles. The van der Waals surface area contributed by atoms with E-state index in [0.29, 0.717) is 6.61 Å². The Morgan fingerprint density at radius 3 is 2.00 bits per heavy atom. The second-order valence-electron chi connectivity index (χ2n) is 7.95. The van der Waals surface area contributed by atoms with E-state index in [1.807, 2.05) is 30.3 Å². The molecule has 1 amide bonds. The maximum atomic E-state index is 11.5. The van der Waals surface area contributed by atoms with Gasteiger partial charge in [0.25, 0.3) is 0 Å². The summed E-state index contributed by atoms with van der Waals surface area (Å²) in [5, 5.41) is 0. The van der Waals surface area contributed by atoms with Gasteiger partial charge in [-0.2, -0.15) is 5.48 Å². The SMILES string of the molecule is CCCCCCCCC=CCCCCCCCCONC(=O)OCc1ccccc1. The van der Waals surface area contributed by atoms with Crippen molar-refractivity contribution in [3.8, 4) is 0 Å². The summed E-state index contributed by atoms with van der Waals surface area (Å²) in [4.78, 5) is 16.7. The Kier molecular flexibility index (Phi) is 17.9. The van der Waals surface area contributed by atoms with Crippen LogP contribution in [0.1, 0.15) is 102 Å². The van der Waals surface area contributed by atoms with E-state index in [-0.39, 0.29) is 6.61 Å². The molecule has 0 saturated carbocycles. The lowest BCUT2D eigenvalue weighted by Crippen LogP contribution is -2.25.